The summed E-state index contributed by atoms with van der Waals surface area (Å²) < 4.78 is 74.1. The minimum atomic E-state index is -6.11. The van der Waals surface area contributed by atoms with Crippen LogP contribution in [0.2, 0.25) is 0 Å². The number of nitrogens with one attached hydrogen (secondary N) is 1. The first-order chi connectivity index (χ1) is 8.88. The average molecular weight is 301 g/mol. The number of amides is 1. The number of carbonyl (C=O) groups excluding carboxylic acids is 1. The molecule has 1 aromatic rings. The largest absolute Gasteiger partial charge is 0.446 e. The monoisotopic (exact) mass is 301 g/mol. The standard InChI is InChI=1S/C11H9F6NO2/c1-6-2-4-7(5-3-6)8(19)18-9(20,10(12,13)14)11(15,16)17/h2-5,20H,1H3,(H,18,19). The van der Waals surface area contributed by atoms with Crippen molar-refractivity contribution in [2.75, 3.05) is 0 Å². The van der Waals surface area contributed by atoms with Gasteiger partial charge < -0.3 is 10.4 Å². The highest BCUT2D eigenvalue weighted by Crippen LogP contribution is 2.41. The Balaban J connectivity index is 3.09. The van der Waals surface area contributed by atoms with Crippen LogP contribution < -0.4 is 5.32 Å². The number of rotatable bonds is 2. The average Bonchev–Trinajstić information content (AvgIpc) is 2.26. The van der Waals surface area contributed by atoms with Gasteiger partial charge in [-0.25, -0.2) is 0 Å². The highest BCUT2D eigenvalue weighted by atomic mass is 19.4. The predicted molar refractivity (Wildman–Crippen MR) is 55.7 cm³/mol. The molecule has 0 saturated heterocycles. The number of aryl methyl sites for hydroxylation is 1. The molecular formula is C11H9F6NO2. The van der Waals surface area contributed by atoms with Gasteiger partial charge in [-0.05, 0) is 19.1 Å². The minimum Gasteiger partial charge on any atom is -0.357 e. The highest BCUT2D eigenvalue weighted by Gasteiger charge is 2.71. The van der Waals surface area contributed by atoms with Crippen LogP contribution in [0.4, 0.5) is 26.3 Å². The molecule has 0 aliphatic rings. The summed E-state index contributed by atoms with van der Waals surface area (Å²) in [5, 5.41) is 9.36. The topological polar surface area (TPSA) is 49.3 Å². The minimum absolute atomic E-state index is 0.442. The van der Waals surface area contributed by atoms with Crippen molar-refractivity contribution in [3.8, 4) is 0 Å². The van der Waals surface area contributed by atoms with Crippen LogP contribution in [0.15, 0.2) is 24.3 Å². The molecule has 0 heterocycles. The smallest absolute Gasteiger partial charge is 0.357 e. The predicted octanol–water partition coefficient (Wildman–Crippen LogP) is 2.54. The van der Waals surface area contributed by atoms with Gasteiger partial charge >= 0.3 is 18.1 Å². The maximum absolute atomic E-state index is 12.4. The molecule has 0 spiro atoms. The molecule has 2 N–H and O–H groups in total. The molecule has 0 aliphatic carbocycles. The fourth-order valence-corrected chi connectivity index (χ4v) is 1.24. The molecule has 0 aromatic heterocycles. The zero-order valence-electron chi connectivity index (χ0n) is 9.93. The molecule has 9 heteroatoms. The molecule has 0 bridgehead atoms. The van der Waals surface area contributed by atoms with Gasteiger partial charge in [0.1, 0.15) is 0 Å². The summed E-state index contributed by atoms with van der Waals surface area (Å²) in [6, 6.07) is 4.74. The number of alkyl halides is 6. The van der Waals surface area contributed by atoms with Crippen molar-refractivity contribution in [2.24, 2.45) is 0 Å². The van der Waals surface area contributed by atoms with E-state index in [1.807, 2.05) is 0 Å². The Bertz CT molecular complexity index is 477. The Morgan fingerprint density at radius 3 is 1.75 bits per heavy atom. The van der Waals surface area contributed by atoms with Gasteiger partial charge in [-0.2, -0.15) is 26.3 Å². The number of halogens is 6. The molecule has 112 valence electrons. The van der Waals surface area contributed by atoms with Crippen LogP contribution in [0.1, 0.15) is 15.9 Å². The Labute approximate surface area is 109 Å². The Kier molecular flexibility index (Phi) is 4.04. The summed E-state index contributed by atoms with van der Waals surface area (Å²) in [5.41, 5.74) is -5.09. The van der Waals surface area contributed by atoms with E-state index in [1.165, 1.54) is 12.1 Å². The maximum atomic E-state index is 12.4. The van der Waals surface area contributed by atoms with E-state index in [4.69, 9.17) is 5.11 Å². The zero-order chi connectivity index (χ0) is 15.8. The fourth-order valence-electron chi connectivity index (χ4n) is 1.24. The first-order valence-corrected chi connectivity index (χ1v) is 5.13. The van der Waals surface area contributed by atoms with Gasteiger partial charge in [0.25, 0.3) is 5.91 Å². The summed E-state index contributed by atoms with van der Waals surface area (Å²) >= 11 is 0. The van der Waals surface area contributed by atoms with Crippen LogP contribution in [-0.4, -0.2) is 29.1 Å². The van der Waals surface area contributed by atoms with E-state index in [0.717, 1.165) is 12.1 Å². The van der Waals surface area contributed by atoms with Crippen molar-refractivity contribution in [1.82, 2.24) is 5.32 Å². The van der Waals surface area contributed by atoms with E-state index in [9.17, 15) is 31.1 Å². The molecule has 1 amide bonds. The lowest BCUT2D eigenvalue weighted by Gasteiger charge is -2.32. The van der Waals surface area contributed by atoms with Crippen molar-refractivity contribution >= 4 is 5.91 Å². The molecule has 1 rings (SSSR count). The van der Waals surface area contributed by atoms with Crippen molar-refractivity contribution in [3.63, 3.8) is 0 Å². The van der Waals surface area contributed by atoms with Crippen LogP contribution in [0.25, 0.3) is 0 Å². The van der Waals surface area contributed by atoms with Crippen molar-refractivity contribution in [1.29, 1.82) is 0 Å². The van der Waals surface area contributed by atoms with Crippen LogP contribution in [0.5, 0.6) is 0 Å². The second-order valence-corrected chi connectivity index (χ2v) is 4.03. The second kappa shape index (κ2) is 4.97. The van der Waals surface area contributed by atoms with E-state index in [1.54, 1.807) is 6.92 Å². The third-order valence-electron chi connectivity index (χ3n) is 2.43. The summed E-state index contributed by atoms with van der Waals surface area (Å²) in [6.07, 6.45) is -12.2. The van der Waals surface area contributed by atoms with Crippen LogP contribution >= 0.6 is 0 Å². The van der Waals surface area contributed by atoms with E-state index < -0.39 is 29.5 Å². The number of hydrogen-bond donors (Lipinski definition) is 2. The van der Waals surface area contributed by atoms with Gasteiger partial charge in [-0.15, -0.1) is 0 Å². The highest BCUT2D eigenvalue weighted by molar-refractivity contribution is 5.94. The van der Waals surface area contributed by atoms with Crippen molar-refractivity contribution in [2.45, 2.75) is 25.0 Å². The van der Waals surface area contributed by atoms with E-state index >= 15 is 0 Å². The van der Waals surface area contributed by atoms with Gasteiger partial charge in [0.2, 0.25) is 0 Å². The normalized spacial score (nSPS) is 13.2. The molecule has 0 unspecified atom stereocenters. The Morgan fingerprint density at radius 2 is 1.40 bits per heavy atom. The van der Waals surface area contributed by atoms with Crippen LogP contribution in [0.3, 0.4) is 0 Å². The van der Waals surface area contributed by atoms with Crippen molar-refractivity contribution in [3.05, 3.63) is 35.4 Å². The molecule has 0 aliphatic heterocycles. The van der Waals surface area contributed by atoms with E-state index in [-0.39, 0.29) is 0 Å². The second-order valence-electron chi connectivity index (χ2n) is 4.03. The summed E-state index contributed by atoms with van der Waals surface area (Å²) in [5.74, 6) is -1.69. The third kappa shape index (κ3) is 3.03. The van der Waals surface area contributed by atoms with Crippen LogP contribution in [0, 0.1) is 6.92 Å². The number of benzene rings is 1. The molecule has 0 radical (unpaired) electrons. The first kappa shape index (κ1) is 16.3. The molecule has 20 heavy (non-hydrogen) atoms. The number of aliphatic hydroxyl groups is 1. The SMILES string of the molecule is Cc1ccc(C(=O)NC(O)(C(F)(F)F)C(F)(F)F)cc1. The first-order valence-electron chi connectivity index (χ1n) is 5.13. The van der Waals surface area contributed by atoms with Gasteiger partial charge in [0.05, 0.1) is 0 Å². The number of carbonyl (C=O) groups is 1. The molecule has 0 fully saturated rings. The molecule has 0 saturated carbocycles. The quantitative estimate of drug-likeness (QED) is 0.651. The lowest BCUT2D eigenvalue weighted by Crippen LogP contribution is -2.67. The summed E-state index contributed by atoms with van der Waals surface area (Å²) in [4.78, 5) is 11.4. The van der Waals surface area contributed by atoms with E-state index in [2.05, 4.69) is 0 Å². The molecule has 3 nitrogen and oxygen atoms in total. The summed E-state index contributed by atoms with van der Waals surface area (Å²) in [7, 11) is 0. The summed E-state index contributed by atoms with van der Waals surface area (Å²) in [6.45, 7) is 1.61. The Morgan fingerprint density at radius 1 is 1.00 bits per heavy atom. The Hall–Kier alpha value is -1.77. The van der Waals surface area contributed by atoms with Crippen LogP contribution in [-0.2, 0) is 0 Å². The van der Waals surface area contributed by atoms with Crippen molar-refractivity contribution < 1.29 is 36.2 Å². The maximum Gasteiger partial charge on any atom is 0.446 e. The van der Waals surface area contributed by atoms with Gasteiger partial charge in [0.15, 0.2) is 0 Å². The van der Waals surface area contributed by atoms with E-state index in [0.29, 0.717) is 10.9 Å². The molecule has 0 atom stereocenters. The molecular weight excluding hydrogens is 292 g/mol. The lowest BCUT2D eigenvalue weighted by molar-refractivity contribution is -0.375. The lowest BCUT2D eigenvalue weighted by atomic mass is 10.1. The molecule has 1 aromatic carbocycles. The third-order valence-corrected chi connectivity index (χ3v) is 2.43. The fraction of sp³-hybridized carbons (Fsp3) is 0.364. The van der Waals surface area contributed by atoms with Gasteiger partial charge in [-0.1, -0.05) is 17.7 Å². The zero-order valence-corrected chi connectivity index (χ0v) is 9.93. The van der Waals surface area contributed by atoms with Gasteiger partial charge in [0, 0.05) is 5.56 Å². The van der Waals surface area contributed by atoms with Gasteiger partial charge in [-0.3, -0.25) is 4.79 Å². The number of hydrogen-bond acceptors (Lipinski definition) is 2.